The van der Waals surface area contributed by atoms with Gasteiger partial charge in [-0.2, -0.15) is 0 Å². The highest BCUT2D eigenvalue weighted by Crippen LogP contribution is 2.31. The minimum Gasteiger partial charge on any atom is -0.469 e. The van der Waals surface area contributed by atoms with Crippen molar-refractivity contribution in [3.63, 3.8) is 0 Å². The normalized spacial score (nSPS) is 21.3. The van der Waals surface area contributed by atoms with Crippen LogP contribution in [0.3, 0.4) is 0 Å². The number of methoxy groups -OCH3 is 1. The first kappa shape index (κ1) is 13.4. The maximum absolute atomic E-state index is 12.0. The number of carbonyl (C=O) groups excluding carboxylic acids is 1. The van der Waals surface area contributed by atoms with E-state index in [1.807, 2.05) is 24.3 Å². The average molecular weight is 268 g/mol. The first-order valence-corrected chi connectivity index (χ1v) is 6.67. The van der Waals surface area contributed by atoms with Crippen molar-refractivity contribution in [2.75, 3.05) is 13.7 Å². The van der Waals surface area contributed by atoms with Crippen LogP contribution in [0.5, 0.6) is 0 Å². The van der Waals surface area contributed by atoms with Crippen molar-refractivity contribution in [3.8, 4) is 0 Å². The highest BCUT2D eigenvalue weighted by Gasteiger charge is 2.32. The maximum Gasteiger partial charge on any atom is 0.314 e. The number of halogens is 1. The lowest BCUT2D eigenvalue weighted by atomic mass is 9.86. The van der Waals surface area contributed by atoms with Crippen LogP contribution in [0.25, 0.3) is 0 Å². The van der Waals surface area contributed by atoms with E-state index in [4.69, 9.17) is 16.3 Å². The van der Waals surface area contributed by atoms with Crippen molar-refractivity contribution in [3.05, 3.63) is 34.9 Å². The Kier molecular flexibility index (Phi) is 4.61. The van der Waals surface area contributed by atoms with Gasteiger partial charge in [-0.05, 0) is 31.0 Å². The summed E-state index contributed by atoms with van der Waals surface area (Å²) in [4.78, 5) is 12.0. The molecule has 0 radical (unpaired) electrons. The van der Waals surface area contributed by atoms with Crippen LogP contribution in [0.2, 0.25) is 5.02 Å². The predicted molar refractivity (Wildman–Crippen MR) is 71.9 cm³/mol. The first-order valence-electron chi connectivity index (χ1n) is 6.29. The van der Waals surface area contributed by atoms with Gasteiger partial charge in [-0.25, -0.2) is 0 Å². The summed E-state index contributed by atoms with van der Waals surface area (Å²) >= 11 is 6.20. The van der Waals surface area contributed by atoms with Crippen molar-refractivity contribution in [2.24, 2.45) is 0 Å². The molecule has 1 aromatic rings. The van der Waals surface area contributed by atoms with E-state index in [1.165, 1.54) is 7.11 Å². The van der Waals surface area contributed by atoms with E-state index >= 15 is 0 Å². The number of esters is 1. The molecule has 2 atom stereocenters. The van der Waals surface area contributed by atoms with Gasteiger partial charge < -0.3 is 10.1 Å². The monoisotopic (exact) mass is 267 g/mol. The summed E-state index contributed by atoms with van der Waals surface area (Å²) in [6.45, 7) is 0.947. The molecule has 18 heavy (non-hydrogen) atoms. The zero-order valence-electron chi connectivity index (χ0n) is 10.5. The van der Waals surface area contributed by atoms with Gasteiger partial charge in [0.05, 0.1) is 13.0 Å². The second kappa shape index (κ2) is 6.21. The summed E-state index contributed by atoms with van der Waals surface area (Å²) in [5, 5.41) is 4.03. The van der Waals surface area contributed by atoms with Gasteiger partial charge in [-0.1, -0.05) is 36.2 Å². The quantitative estimate of drug-likeness (QED) is 0.856. The van der Waals surface area contributed by atoms with Crippen molar-refractivity contribution in [1.29, 1.82) is 0 Å². The molecule has 2 rings (SSSR count). The van der Waals surface area contributed by atoms with Gasteiger partial charge in [0.2, 0.25) is 0 Å². The predicted octanol–water partition coefficient (Wildman–Crippen LogP) is 2.74. The molecule has 1 fully saturated rings. The van der Waals surface area contributed by atoms with E-state index in [0.29, 0.717) is 5.02 Å². The molecule has 98 valence electrons. The number of rotatable bonds is 3. The van der Waals surface area contributed by atoms with Crippen molar-refractivity contribution >= 4 is 17.6 Å². The molecule has 1 N–H and O–H groups in total. The maximum atomic E-state index is 12.0. The molecule has 1 aliphatic heterocycles. The van der Waals surface area contributed by atoms with Gasteiger partial charge in [0.15, 0.2) is 0 Å². The summed E-state index contributed by atoms with van der Waals surface area (Å²) in [5.41, 5.74) is 0.852. The first-order chi connectivity index (χ1) is 8.74. The van der Waals surface area contributed by atoms with Crippen molar-refractivity contribution < 1.29 is 9.53 Å². The Hall–Kier alpha value is -1.06. The van der Waals surface area contributed by atoms with Crippen LogP contribution < -0.4 is 5.32 Å². The number of hydrogen-bond acceptors (Lipinski definition) is 3. The van der Waals surface area contributed by atoms with Gasteiger partial charge in [-0.15, -0.1) is 0 Å². The summed E-state index contributed by atoms with van der Waals surface area (Å²) in [5.74, 6) is -0.536. The fourth-order valence-corrected chi connectivity index (χ4v) is 2.78. The van der Waals surface area contributed by atoms with Gasteiger partial charge >= 0.3 is 5.97 Å². The Morgan fingerprint density at radius 2 is 2.22 bits per heavy atom. The van der Waals surface area contributed by atoms with E-state index < -0.39 is 0 Å². The highest BCUT2D eigenvalue weighted by atomic mass is 35.5. The fourth-order valence-electron chi connectivity index (χ4n) is 2.53. The standard InChI is InChI=1S/C14H18ClNO2/c1-18-14(17)13(12-8-4-5-9-16-12)10-6-2-3-7-11(10)15/h2-3,6-7,12-13,16H,4-5,8-9H2,1H3/t12?,13-/m0/s1. The number of hydrogen-bond donors (Lipinski definition) is 1. The zero-order valence-corrected chi connectivity index (χ0v) is 11.2. The number of benzene rings is 1. The Labute approximate surface area is 112 Å². The Balaban J connectivity index is 2.30. The third-order valence-electron chi connectivity index (χ3n) is 3.45. The highest BCUT2D eigenvalue weighted by molar-refractivity contribution is 6.31. The van der Waals surface area contributed by atoms with E-state index in [1.54, 1.807) is 0 Å². The topological polar surface area (TPSA) is 38.3 Å². The summed E-state index contributed by atoms with van der Waals surface area (Å²) in [6.07, 6.45) is 3.27. The SMILES string of the molecule is COC(=O)[C@@H](c1ccccc1Cl)C1CCCCN1. The van der Waals surface area contributed by atoms with Crippen LogP contribution in [0.15, 0.2) is 24.3 Å². The van der Waals surface area contributed by atoms with E-state index in [9.17, 15) is 4.79 Å². The molecule has 1 saturated heterocycles. The van der Waals surface area contributed by atoms with E-state index in [2.05, 4.69) is 5.32 Å². The third-order valence-corrected chi connectivity index (χ3v) is 3.79. The molecular formula is C14H18ClNO2. The minimum absolute atomic E-state index is 0.117. The van der Waals surface area contributed by atoms with Gasteiger partial charge in [0, 0.05) is 11.1 Å². The molecule has 1 heterocycles. The molecule has 0 aromatic heterocycles. The van der Waals surface area contributed by atoms with E-state index in [0.717, 1.165) is 31.4 Å². The van der Waals surface area contributed by atoms with E-state index in [-0.39, 0.29) is 17.9 Å². The molecule has 1 aromatic carbocycles. The molecule has 0 bridgehead atoms. The van der Waals surface area contributed by atoms with Gasteiger partial charge in [-0.3, -0.25) is 4.79 Å². The molecular weight excluding hydrogens is 250 g/mol. The molecule has 0 spiro atoms. The minimum atomic E-state index is -0.316. The van der Waals surface area contributed by atoms with Crippen LogP contribution in [0.1, 0.15) is 30.7 Å². The lowest BCUT2D eigenvalue weighted by Crippen LogP contribution is -2.42. The second-order valence-electron chi connectivity index (χ2n) is 4.58. The van der Waals surface area contributed by atoms with Gasteiger partial charge in [0.25, 0.3) is 0 Å². The average Bonchev–Trinajstić information content (AvgIpc) is 2.42. The molecule has 0 aliphatic carbocycles. The molecule has 4 heteroatoms. The smallest absolute Gasteiger partial charge is 0.314 e. The third kappa shape index (κ3) is 2.85. The van der Waals surface area contributed by atoms with Gasteiger partial charge in [0.1, 0.15) is 0 Å². The summed E-state index contributed by atoms with van der Waals surface area (Å²) in [7, 11) is 1.43. The molecule has 0 amide bonds. The number of ether oxygens (including phenoxy) is 1. The molecule has 1 unspecified atom stereocenters. The van der Waals surface area contributed by atoms with Crippen LogP contribution >= 0.6 is 11.6 Å². The van der Waals surface area contributed by atoms with Crippen LogP contribution in [0.4, 0.5) is 0 Å². The lowest BCUT2D eigenvalue weighted by molar-refractivity contribution is -0.143. The molecule has 0 saturated carbocycles. The Morgan fingerprint density at radius 1 is 1.44 bits per heavy atom. The molecule has 3 nitrogen and oxygen atoms in total. The Bertz CT molecular complexity index is 416. The summed E-state index contributed by atoms with van der Waals surface area (Å²) < 4.78 is 4.94. The zero-order chi connectivity index (χ0) is 13.0. The van der Waals surface area contributed by atoms with Crippen LogP contribution in [0, 0.1) is 0 Å². The van der Waals surface area contributed by atoms with Crippen molar-refractivity contribution in [2.45, 2.75) is 31.2 Å². The number of piperidine rings is 1. The molecule has 1 aliphatic rings. The lowest BCUT2D eigenvalue weighted by Gasteiger charge is -2.30. The Morgan fingerprint density at radius 3 is 2.83 bits per heavy atom. The largest absolute Gasteiger partial charge is 0.469 e. The fraction of sp³-hybridized carbons (Fsp3) is 0.500. The van der Waals surface area contributed by atoms with Crippen molar-refractivity contribution in [1.82, 2.24) is 5.32 Å². The number of carbonyl (C=O) groups is 1. The van der Waals surface area contributed by atoms with Crippen LogP contribution in [-0.2, 0) is 9.53 Å². The second-order valence-corrected chi connectivity index (χ2v) is 4.99. The summed E-state index contributed by atoms with van der Waals surface area (Å²) in [6, 6.07) is 7.61. The van der Waals surface area contributed by atoms with Crippen LogP contribution in [-0.4, -0.2) is 25.7 Å². The number of nitrogens with one attached hydrogen (secondary N) is 1.